The van der Waals surface area contributed by atoms with Gasteiger partial charge in [0.1, 0.15) is 5.25 Å². The maximum absolute atomic E-state index is 12.4. The molecule has 5 heteroatoms. The summed E-state index contributed by atoms with van der Waals surface area (Å²) in [4.78, 5) is 12.8. The Hall–Kier alpha value is -1.36. The van der Waals surface area contributed by atoms with Crippen LogP contribution >= 0.6 is 0 Å². The van der Waals surface area contributed by atoms with Crippen molar-refractivity contribution in [1.82, 2.24) is 5.32 Å². The predicted molar refractivity (Wildman–Crippen MR) is 84.0 cm³/mol. The van der Waals surface area contributed by atoms with Gasteiger partial charge in [0, 0.05) is 16.6 Å². The molecular weight excluding hydrogens is 272 g/mol. The molecule has 0 aliphatic carbocycles. The first-order valence-corrected chi connectivity index (χ1v) is 8.19. The maximum Gasteiger partial charge on any atom is 0.236 e. The molecule has 1 aromatic carbocycles. The number of nitrogens with two attached hydrogens (primary N) is 1. The Morgan fingerprint density at radius 2 is 1.95 bits per heavy atom. The van der Waals surface area contributed by atoms with E-state index in [1.807, 2.05) is 20.8 Å². The SMILES string of the molecule is CCC(CC)NC(=O)C(C)S(=O)c1ccc(N)c(C)c1. The highest BCUT2D eigenvalue weighted by molar-refractivity contribution is 7.86. The van der Waals surface area contributed by atoms with Gasteiger partial charge >= 0.3 is 0 Å². The molecule has 1 rings (SSSR count). The Kier molecular flexibility index (Phi) is 6.20. The van der Waals surface area contributed by atoms with Crippen LogP contribution < -0.4 is 11.1 Å². The molecule has 0 aliphatic rings. The van der Waals surface area contributed by atoms with Crippen molar-refractivity contribution in [3.05, 3.63) is 23.8 Å². The number of nitrogens with one attached hydrogen (secondary N) is 1. The minimum Gasteiger partial charge on any atom is -0.399 e. The lowest BCUT2D eigenvalue weighted by Gasteiger charge is -2.18. The molecule has 4 nitrogen and oxygen atoms in total. The Bertz CT molecular complexity index is 499. The van der Waals surface area contributed by atoms with Crippen molar-refractivity contribution in [2.45, 2.75) is 56.7 Å². The number of benzene rings is 1. The van der Waals surface area contributed by atoms with E-state index in [0.29, 0.717) is 10.6 Å². The summed E-state index contributed by atoms with van der Waals surface area (Å²) in [6.45, 7) is 7.61. The van der Waals surface area contributed by atoms with Crippen LogP contribution in [0.4, 0.5) is 5.69 Å². The summed E-state index contributed by atoms with van der Waals surface area (Å²) >= 11 is 0. The van der Waals surface area contributed by atoms with Crippen molar-refractivity contribution in [3.63, 3.8) is 0 Å². The van der Waals surface area contributed by atoms with Crippen LogP contribution in [-0.4, -0.2) is 21.4 Å². The van der Waals surface area contributed by atoms with E-state index < -0.39 is 16.0 Å². The summed E-state index contributed by atoms with van der Waals surface area (Å²) in [6.07, 6.45) is 1.76. The van der Waals surface area contributed by atoms with Crippen molar-refractivity contribution in [3.8, 4) is 0 Å². The van der Waals surface area contributed by atoms with Crippen LogP contribution in [0.25, 0.3) is 0 Å². The zero-order valence-corrected chi connectivity index (χ0v) is 13.4. The fraction of sp³-hybridized carbons (Fsp3) is 0.533. The predicted octanol–water partition coefficient (Wildman–Crippen LogP) is 2.38. The highest BCUT2D eigenvalue weighted by Gasteiger charge is 2.23. The molecule has 0 saturated carbocycles. The number of anilines is 1. The molecule has 2 unspecified atom stereocenters. The van der Waals surface area contributed by atoms with Gasteiger partial charge in [0.25, 0.3) is 0 Å². The zero-order chi connectivity index (χ0) is 15.3. The lowest BCUT2D eigenvalue weighted by molar-refractivity contribution is -0.121. The molecule has 0 heterocycles. The van der Waals surface area contributed by atoms with Crippen LogP contribution in [0.5, 0.6) is 0 Å². The van der Waals surface area contributed by atoms with Crippen LogP contribution in [0, 0.1) is 6.92 Å². The average molecular weight is 296 g/mol. The lowest BCUT2D eigenvalue weighted by atomic mass is 10.2. The highest BCUT2D eigenvalue weighted by atomic mass is 32.2. The first-order chi connectivity index (χ1) is 9.40. The molecule has 3 N–H and O–H groups in total. The fourth-order valence-electron chi connectivity index (χ4n) is 1.89. The number of carbonyl (C=O) groups excluding carboxylic acids is 1. The summed E-state index contributed by atoms with van der Waals surface area (Å²) in [7, 11) is -1.36. The molecular formula is C15H24N2O2S. The normalized spacial score (nSPS) is 14.1. The lowest BCUT2D eigenvalue weighted by Crippen LogP contribution is -2.41. The molecule has 0 aliphatic heterocycles. The Balaban J connectivity index is 2.80. The van der Waals surface area contributed by atoms with Gasteiger partial charge in [-0.2, -0.15) is 0 Å². The molecule has 0 radical (unpaired) electrons. The summed E-state index contributed by atoms with van der Waals surface area (Å²) in [5.74, 6) is -0.161. The van der Waals surface area contributed by atoms with E-state index in [1.54, 1.807) is 25.1 Å². The summed E-state index contributed by atoms with van der Waals surface area (Å²) in [5, 5.41) is 2.37. The Morgan fingerprint density at radius 1 is 1.35 bits per heavy atom. The van der Waals surface area contributed by atoms with Gasteiger partial charge in [0.15, 0.2) is 0 Å². The third-order valence-electron chi connectivity index (χ3n) is 3.50. The van der Waals surface area contributed by atoms with Crippen LogP contribution in [0.3, 0.4) is 0 Å². The van der Waals surface area contributed by atoms with Crippen LogP contribution in [0.1, 0.15) is 39.2 Å². The van der Waals surface area contributed by atoms with Gasteiger partial charge in [-0.15, -0.1) is 0 Å². The number of hydrogen-bond acceptors (Lipinski definition) is 3. The largest absolute Gasteiger partial charge is 0.399 e. The first-order valence-electron chi connectivity index (χ1n) is 6.97. The standard InChI is InChI=1S/C15H24N2O2S/c1-5-12(6-2)17-15(18)11(4)20(19)13-7-8-14(16)10(3)9-13/h7-9,11-12H,5-6,16H2,1-4H3,(H,17,18). The number of aryl methyl sites for hydroxylation is 1. The third-order valence-corrected chi connectivity index (χ3v) is 5.07. The van der Waals surface area contributed by atoms with Gasteiger partial charge < -0.3 is 11.1 Å². The summed E-state index contributed by atoms with van der Waals surface area (Å²) < 4.78 is 12.4. The third kappa shape index (κ3) is 4.07. The van der Waals surface area contributed by atoms with Crippen LogP contribution in [-0.2, 0) is 15.6 Å². The Morgan fingerprint density at radius 3 is 2.45 bits per heavy atom. The molecule has 20 heavy (non-hydrogen) atoms. The van der Waals surface area contributed by atoms with Gasteiger partial charge in [-0.1, -0.05) is 13.8 Å². The molecule has 2 atom stereocenters. The maximum atomic E-state index is 12.4. The Labute approximate surface area is 123 Å². The highest BCUT2D eigenvalue weighted by Crippen LogP contribution is 2.18. The van der Waals surface area contributed by atoms with E-state index in [4.69, 9.17) is 5.73 Å². The molecule has 0 spiro atoms. The molecule has 1 aromatic rings. The molecule has 0 aromatic heterocycles. The minimum absolute atomic E-state index is 0.148. The van der Waals surface area contributed by atoms with Gasteiger partial charge in [-0.25, -0.2) is 0 Å². The van der Waals surface area contributed by atoms with Gasteiger partial charge in [0.2, 0.25) is 5.91 Å². The van der Waals surface area contributed by atoms with E-state index >= 15 is 0 Å². The molecule has 0 bridgehead atoms. The van der Waals surface area contributed by atoms with Gasteiger partial charge in [-0.3, -0.25) is 9.00 Å². The number of hydrogen-bond donors (Lipinski definition) is 2. The van der Waals surface area contributed by atoms with E-state index in [0.717, 1.165) is 18.4 Å². The second kappa shape index (κ2) is 7.43. The molecule has 0 saturated heterocycles. The van der Waals surface area contributed by atoms with E-state index in [1.165, 1.54) is 0 Å². The smallest absolute Gasteiger partial charge is 0.236 e. The van der Waals surface area contributed by atoms with E-state index in [9.17, 15) is 9.00 Å². The van der Waals surface area contributed by atoms with Crippen molar-refractivity contribution in [2.24, 2.45) is 0 Å². The average Bonchev–Trinajstić information content (AvgIpc) is 2.45. The molecule has 112 valence electrons. The van der Waals surface area contributed by atoms with Crippen LogP contribution in [0.2, 0.25) is 0 Å². The minimum atomic E-state index is -1.36. The van der Waals surface area contributed by atoms with Gasteiger partial charge in [0.05, 0.1) is 10.8 Å². The van der Waals surface area contributed by atoms with Crippen molar-refractivity contribution in [1.29, 1.82) is 0 Å². The van der Waals surface area contributed by atoms with Crippen molar-refractivity contribution in [2.75, 3.05) is 5.73 Å². The number of nitrogen functional groups attached to an aromatic ring is 1. The second-order valence-electron chi connectivity index (χ2n) is 4.98. The number of carbonyl (C=O) groups is 1. The van der Waals surface area contributed by atoms with Gasteiger partial charge in [-0.05, 0) is 50.5 Å². The van der Waals surface area contributed by atoms with Crippen molar-refractivity contribution < 1.29 is 9.00 Å². The monoisotopic (exact) mass is 296 g/mol. The summed E-state index contributed by atoms with van der Waals surface area (Å²) in [6, 6.07) is 5.38. The number of amides is 1. The second-order valence-corrected chi connectivity index (χ2v) is 6.75. The molecule has 0 fully saturated rings. The van der Waals surface area contributed by atoms with E-state index in [-0.39, 0.29) is 11.9 Å². The topological polar surface area (TPSA) is 72.2 Å². The van der Waals surface area contributed by atoms with E-state index in [2.05, 4.69) is 5.32 Å². The summed E-state index contributed by atoms with van der Waals surface area (Å²) in [5.41, 5.74) is 7.29. The zero-order valence-electron chi connectivity index (χ0n) is 12.6. The number of rotatable bonds is 6. The molecule has 1 amide bonds. The van der Waals surface area contributed by atoms with Crippen LogP contribution in [0.15, 0.2) is 23.1 Å². The van der Waals surface area contributed by atoms with Crippen molar-refractivity contribution >= 4 is 22.4 Å². The quantitative estimate of drug-likeness (QED) is 0.792. The first kappa shape index (κ1) is 16.7. The fourth-order valence-corrected chi connectivity index (χ4v) is 3.05.